The second kappa shape index (κ2) is 6.64. The van der Waals surface area contributed by atoms with Crippen molar-refractivity contribution in [2.75, 3.05) is 7.05 Å². The highest BCUT2D eigenvalue weighted by atomic mass is 16.1. The molecule has 0 radical (unpaired) electrons. The van der Waals surface area contributed by atoms with Gasteiger partial charge in [0.2, 0.25) is 0 Å². The van der Waals surface area contributed by atoms with E-state index in [9.17, 15) is 4.79 Å². The number of hydrogen-bond acceptors (Lipinski definition) is 2. The Bertz CT molecular complexity index is 1160. The molecular weight excluding hydrogens is 346 g/mol. The summed E-state index contributed by atoms with van der Waals surface area (Å²) < 4.78 is 2.40. The van der Waals surface area contributed by atoms with Crippen LogP contribution in [0, 0.1) is 0 Å². The average molecular weight is 367 g/mol. The summed E-state index contributed by atoms with van der Waals surface area (Å²) in [5.74, 6) is 1.09. The van der Waals surface area contributed by atoms with E-state index < -0.39 is 0 Å². The number of aryl methyl sites for hydroxylation is 1. The Morgan fingerprint density at radius 3 is 2.50 bits per heavy atom. The third-order valence-electron chi connectivity index (χ3n) is 5.61. The third-order valence-corrected chi connectivity index (χ3v) is 5.61. The van der Waals surface area contributed by atoms with Crippen molar-refractivity contribution in [1.82, 2.24) is 14.9 Å². The number of rotatable bonds is 3. The molecular formula is C24H21N3O. The van der Waals surface area contributed by atoms with Gasteiger partial charge >= 0.3 is 0 Å². The van der Waals surface area contributed by atoms with Crippen molar-refractivity contribution >= 4 is 16.9 Å². The van der Waals surface area contributed by atoms with Crippen molar-refractivity contribution in [1.29, 1.82) is 0 Å². The zero-order valence-corrected chi connectivity index (χ0v) is 15.7. The van der Waals surface area contributed by atoms with Crippen molar-refractivity contribution < 1.29 is 4.79 Å². The lowest BCUT2D eigenvalue weighted by atomic mass is 10.0. The number of amides is 1. The molecule has 0 spiro atoms. The third kappa shape index (κ3) is 2.69. The minimum absolute atomic E-state index is 0.0682. The molecule has 1 unspecified atom stereocenters. The minimum atomic E-state index is -0.0682. The van der Waals surface area contributed by atoms with Crippen molar-refractivity contribution in [2.24, 2.45) is 0 Å². The molecule has 1 aliphatic rings. The van der Waals surface area contributed by atoms with Crippen LogP contribution in [0.25, 0.3) is 22.2 Å². The molecule has 0 aliphatic carbocycles. The van der Waals surface area contributed by atoms with E-state index in [0.717, 1.165) is 35.3 Å². The minimum Gasteiger partial charge on any atom is -0.355 e. The van der Waals surface area contributed by atoms with Gasteiger partial charge in [0.15, 0.2) is 0 Å². The van der Waals surface area contributed by atoms with Crippen LogP contribution in [0.2, 0.25) is 0 Å². The maximum atomic E-state index is 11.8. The quantitative estimate of drug-likeness (QED) is 0.575. The van der Waals surface area contributed by atoms with Gasteiger partial charge in [-0.15, -0.1) is 0 Å². The predicted molar refractivity (Wildman–Crippen MR) is 111 cm³/mol. The highest BCUT2D eigenvalue weighted by molar-refractivity contribution is 5.94. The molecule has 1 atom stereocenters. The van der Waals surface area contributed by atoms with Crippen LogP contribution in [-0.2, 0) is 6.42 Å². The van der Waals surface area contributed by atoms with Crippen molar-refractivity contribution in [3.05, 3.63) is 89.7 Å². The Kier molecular flexibility index (Phi) is 3.97. The Balaban J connectivity index is 1.58. The number of imidazole rings is 1. The molecule has 28 heavy (non-hydrogen) atoms. The van der Waals surface area contributed by atoms with Crippen LogP contribution in [0.4, 0.5) is 0 Å². The fourth-order valence-electron chi connectivity index (χ4n) is 4.19. The molecule has 1 N–H and O–H groups in total. The molecule has 4 aromatic rings. The largest absolute Gasteiger partial charge is 0.355 e. The molecule has 138 valence electrons. The van der Waals surface area contributed by atoms with Crippen LogP contribution in [0.15, 0.2) is 72.8 Å². The number of aromatic nitrogens is 2. The number of nitrogens with zero attached hydrogens (tertiary/aromatic N) is 2. The highest BCUT2D eigenvalue weighted by Crippen LogP contribution is 2.36. The van der Waals surface area contributed by atoms with Gasteiger partial charge in [0, 0.05) is 19.0 Å². The van der Waals surface area contributed by atoms with Gasteiger partial charge in [-0.25, -0.2) is 4.98 Å². The van der Waals surface area contributed by atoms with Crippen LogP contribution in [0.5, 0.6) is 0 Å². The van der Waals surface area contributed by atoms with Crippen LogP contribution in [0.1, 0.15) is 34.2 Å². The highest BCUT2D eigenvalue weighted by Gasteiger charge is 2.27. The molecule has 0 fully saturated rings. The fraction of sp³-hybridized carbons (Fsp3) is 0.167. The molecule has 1 amide bonds. The molecule has 1 aromatic heterocycles. The summed E-state index contributed by atoms with van der Waals surface area (Å²) in [5.41, 5.74) is 6.45. The normalized spacial score (nSPS) is 15.5. The molecule has 2 heterocycles. The van der Waals surface area contributed by atoms with Crippen molar-refractivity contribution in [3.63, 3.8) is 0 Å². The Hall–Kier alpha value is -3.40. The van der Waals surface area contributed by atoms with E-state index in [-0.39, 0.29) is 5.91 Å². The molecule has 4 nitrogen and oxygen atoms in total. The Morgan fingerprint density at radius 2 is 1.75 bits per heavy atom. The van der Waals surface area contributed by atoms with E-state index in [4.69, 9.17) is 4.98 Å². The van der Waals surface area contributed by atoms with Gasteiger partial charge in [-0.3, -0.25) is 4.79 Å². The van der Waals surface area contributed by atoms with E-state index in [1.54, 1.807) is 7.05 Å². The van der Waals surface area contributed by atoms with Crippen LogP contribution < -0.4 is 5.32 Å². The predicted octanol–water partition coefficient (Wildman–Crippen LogP) is 4.60. The summed E-state index contributed by atoms with van der Waals surface area (Å²) in [5, 5.41) is 2.66. The molecule has 5 rings (SSSR count). The average Bonchev–Trinajstić information content (AvgIpc) is 3.33. The SMILES string of the molecule is CNC(=O)c1ccc(-c2ccc3nc4n(c3c2)C(c2ccccc2)CC4)cc1. The lowest BCUT2D eigenvalue weighted by Crippen LogP contribution is -2.17. The van der Waals surface area contributed by atoms with Crippen LogP contribution >= 0.6 is 0 Å². The summed E-state index contributed by atoms with van der Waals surface area (Å²) in [6.07, 6.45) is 2.09. The van der Waals surface area contributed by atoms with E-state index in [0.29, 0.717) is 11.6 Å². The molecule has 4 heteroatoms. The first kappa shape index (κ1) is 16.8. The van der Waals surface area contributed by atoms with Gasteiger partial charge in [0.1, 0.15) is 5.82 Å². The molecule has 0 saturated heterocycles. The number of carbonyl (C=O) groups excluding carboxylic acids is 1. The van der Waals surface area contributed by atoms with Crippen LogP contribution in [-0.4, -0.2) is 22.5 Å². The first-order valence-electron chi connectivity index (χ1n) is 9.63. The number of fused-ring (bicyclic) bond motifs is 3. The van der Waals surface area contributed by atoms with Crippen molar-refractivity contribution in [3.8, 4) is 11.1 Å². The lowest BCUT2D eigenvalue weighted by Gasteiger charge is -2.15. The summed E-state index contributed by atoms with van der Waals surface area (Å²) >= 11 is 0. The zero-order chi connectivity index (χ0) is 19.1. The second-order valence-electron chi connectivity index (χ2n) is 7.22. The monoisotopic (exact) mass is 367 g/mol. The topological polar surface area (TPSA) is 46.9 Å². The van der Waals surface area contributed by atoms with E-state index in [2.05, 4.69) is 58.4 Å². The van der Waals surface area contributed by atoms with E-state index in [1.165, 1.54) is 11.1 Å². The maximum absolute atomic E-state index is 11.8. The zero-order valence-electron chi connectivity index (χ0n) is 15.7. The molecule has 3 aromatic carbocycles. The summed E-state index contributed by atoms with van der Waals surface area (Å²) in [4.78, 5) is 16.6. The number of nitrogens with one attached hydrogen (secondary N) is 1. The smallest absolute Gasteiger partial charge is 0.251 e. The summed E-state index contributed by atoms with van der Waals surface area (Å²) in [6.45, 7) is 0. The Morgan fingerprint density at radius 1 is 1.00 bits per heavy atom. The first-order chi connectivity index (χ1) is 13.7. The molecule has 0 bridgehead atoms. The number of benzene rings is 3. The summed E-state index contributed by atoms with van der Waals surface area (Å²) in [7, 11) is 1.65. The van der Waals surface area contributed by atoms with E-state index in [1.807, 2.05) is 24.3 Å². The van der Waals surface area contributed by atoms with Gasteiger partial charge in [-0.05, 0) is 47.4 Å². The fourth-order valence-corrected chi connectivity index (χ4v) is 4.19. The molecule has 1 aliphatic heterocycles. The van der Waals surface area contributed by atoms with E-state index >= 15 is 0 Å². The number of hydrogen-bond donors (Lipinski definition) is 1. The lowest BCUT2D eigenvalue weighted by molar-refractivity contribution is 0.0963. The van der Waals surface area contributed by atoms with Crippen LogP contribution in [0.3, 0.4) is 0 Å². The first-order valence-corrected chi connectivity index (χ1v) is 9.63. The van der Waals surface area contributed by atoms with Crippen molar-refractivity contribution in [2.45, 2.75) is 18.9 Å². The van der Waals surface area contributed by atoms with Gasteiger partial charge in [-0.2, -0.15) is 0 Å². The Labute approximate surface area is 163 Å². The summed E-state index contributed by atoms with van der Waals surface area (Å²) in [6, 6.07) is 25.2. The van der Waals surface area contributed by atoms with Gasteiger partial charge < -0.3 is 9.88 Å². The standard InChI is InChI=1S/C24H21N3O/c1-25-24(28)18-9-7-16(8-10-18)19-11-12-20-22(15-19)27-21(13-14-23(27)26-20)17-5-3-2-4-6-17/h2-12,15,21H,13-14H2,1H3,(H,25,28). The number of carbonyl (C=O) groups is 1. The second-order valence-corrected chi connectivity index (χ2v) is 7.22. The maximum Gasteiger partial charge on any atom is 0.251 e. The van der Waals surface area contributed by atoms with Gasteiger partial charge in [0.25, 0.3) is 5.91 Å². The van der Waals surface area contributed by atoms with Gasteiger partial charge in [0.05, 0.1) is 17.1 Å². The molecule has 0 saturated carbocycles. The van der Waals surface area contributed by atoms with Gasteiger partial charge in [-0.1, -0.05) is 48.5 Å².